The van der Waals surface area contributed by atoms with Crippen LogP contribution in [0.15, 0.2) is 42.7 Å². The lowest BCUT2D eigenvalue weighted by Gasteiger charge is -2.14. The number of anilines is 1. The number of methoxy groups -OCH3 is 1. The van der Waals surface area contributed by atoms with E-state index < -0.39 is 4.92 Å². The van der Waals surface area contributed by atoms with Crippen LogP contribution in [-0.2, 0) is 6.54 Å². The minimum absolute atomic E-state index is 0.0540. The minimum Gasteiger partial charge on any atom is -0.493 e. The molecule has 0 saturated heterocycles. The van der Waals surface area contributed by atoms with Gasteiger partial charge in [0.15, 0.2) is 11.5 Å². The summed E-state index contributed by atoms with van der Waals surface area (Å²) in [6.07, 6.45) is 5.55. The molecule has 31 heavy (non-hydrogen) atoms. The number of aromatic nitrogens is 2. The lowest BCUT2D eigenvalue weighted by molar-refractivity contribution is -0.384. The normalized spacial score (nSPS) is 10.8. The monoisotopic (exact) mass is 444 g/mol. The van der Waals surface area contributed by atoms with Gasteiger partial charge in [0.25, 0.3) is 5.69 Å². The van der Waals surface area contributed by atoms with Gasteiger partial charge in [-0.15, -0.1) is 11.6 Å². The number of halogens is 1. The van der Waals surface area contributed by atoms with Gasteiger partial charge in [-0.2, -0.15) is 0 Å². The van der Waals surface area contributed by atoms with E-state index in [0.29, 0.717) is 41.9 Å². The average Bonchev–Trinajstić information content (AvgIpc) is 2.79. The summed E-state index contributed by atoms with van der Waals surface area (Å²) >= 11 is 5.71. The van der Waals surface area contributed by atoms with Gasteiger partial charge in [0.2, 0.25) is 0 Å². The largest absolute Gasteiger partial charge is 0.493 e. The molecule has 1 aromatic heterocycles. The van der Waals surface area contributed by atoms with Crippen molar-refractivity contribution in [2.24, 2.45) is 0 Å². The Morgan fingerprint density at radius 1 is 1.10 bits per heavy atom. The highest BCUT2D eigenvalue weighted by molar-refractivity contribution is 6.17. The predicted octanol–water partition coefficient (Wildman–Crippen LogP) is 5.34. The Labute approximate surface area is 185 Å². The number of nitrogens with one attached hydrogen (secondary N) is 1. The van der Waals surface area contributed by atoms with Crippen LogP contribution in [0.4, 0.5) is 11.5 Å². The molecular weight excluding hydrogens is 420 g/mol. The number of alkyl halides is 1. The van der Waals surface area contributed by atoms with E-state index in [-0.39, 0.29) is 5.69 Å². The van der Waals surface area contributed by atoms with Crippen molar-refractivity contribution in [3.63, 3.8) is 0 Å². The molecule has 0 fully saturated rings. The number of fused-ring (bicyclic) bond motifs is 1. The van der Waals surface area contributed by atoms with E-state index in [9.17, 15) is 10.1 Å². The van der Waals surface area contributed by atoms with Gasteiger partial charge in [-0.3, -0.25) is 10.1 Å². The molecule has 0 atom stereocenters. The SMILES string of the molecule is COc1cc2ncnc(NCc3cccc([N+](=O)[O-])c3)c2cc1OCCCCCCCl. The highest BCUT2D eigenvalue weighted by Gasteiger charge is 2.12. The Balaban J connectivity index is 1.75. The first-order valence-corrected chi connectivity index (χ1v) is 10.6. The number of unbranched alkanes of at least 4 members (excludes halogenated alkanes) is 3. The van der Waals surface area contributed by atoms with Crippen molar-refractivity contribution in [3.05, 3.63) is 58.4 Å². The first-order valence-electron chi connectivity index (χ1n) is 10.1. The molecule has 3 aromatic rings. The summed E-state index contributed by atoms with van der Waals surface area (Å²) in [5.74, 6) is 2.54. The van der Waals surface area contributed by atoms with Crippen LogP contribution >= 0.6 is 11.6 Å². The molecule has 3 rings (SSSR count). The summed E-state index contributed by atoms with van der Waals surface area (Å²) < 4.78 is 11.4. The van der Waals surface area contributed by atoms with Crippen LogP contribution in [0, 0.1) is 10.1 Å². The fourth-order valence-electron chi connectivity index (χ4n) is 3.18. The van der Waals surface area contributed by atoms with Crippen molar-refractivity contribution in [1.29, 1.82) is 0 Å². The molecule has 0 amide bonds. The van der Waals surface area contributed by atoms with Gasteiger partial charge in [-0.1, -0.05) is 25.0 Å². The van der Waals surface area contributed by atoms with Crippen LogP contribution < -0.4 is 14.8 Å². The highest BCUT2D eigenvalue weighted by atomic mass is 35.5. The Morgan fingerprint density at radius 3 is 2.71 bits per heavy atom. The van der Waals surface area contributed by atoms with Gasteiger partial charge < -0.3 is 14.8 Å². The third-order valence-electron chi connectivity index (χ3n) is 4.79. The zero-order valence-corrected chi connectivity index (χ0v) is 18.1. The van der Waals surface area contributed by atoms with E-state index >= 15 is 0 Å². The second kappa shape index (κ2) is 11.3. The third kappa shape index (κ3) is 6.18. The van der Waals surface area contributed by atoms with E-state index in [1.807, 2.05) is 18.2 Å². The summed E-state index contributed by atoms with van der Waals surface area (Å²) in [5.41, 5.74) is 1.55. The van der Waals surface area contributed by atoms with Crippen molar-refractivity contribution in [2.75, 3.05) is 24.9 Å². The minimum atomic E-state index is -0.408. The summed E-state index contributed by atoms with van der Waals surface area (Å²) in [6.45, 7) is 0.963. The molecule has 0 aliphatic heterocycles. The van der Waals surface area contributed by atoms with Gasteiger partial charge in [-0.05, 0) is 24.5 Å². The molecule has 0 aliphatic rings. The molecule has 0 saturated carbocycles. The molecule has 1 N–H and O–H groups in total. The summed E-state index contributed by atoms with van der Waals surface area (Å²) in [5, 5.41) is 15.0. The van der Waals surface area contributed by atoms with Crippen molar-refractivity contribution >= 4 is 34.0 Å². The van der Waals surface area contributed by atoms with Crippen LogP contribution in [0.2, 0.25) is 0 Å². The second-order valence-corrected chi connectivity index (χ2v) is 7.35. The molecule has 0 aliphatic carbocycles. The molecule has 9 heteroatoms. The van der Waals surface area contributed by atoms with E-state index in [4.69, 9.17) is 21.1 Å². The lowest BCUT2D eigenvalue weighted by Crippen LogP contribution is -2.04. The van der Waals surface area contributed by atoms with Crippen molar-refractivity contribution in [3.8, 4) is 11.5 Å². The molecule has 0 bridgehead atoms. The maximum Gasteiger partial charge on any atom is 0.269 e. The van der Waals surface area contributed by atoms with Crippen molar-refractivity contribution in [2.45, 2.75) is 32.2 Å². The van der Waals surface area contributed by atoms with Gasteiger partial charge in [-0.25, -0.2) is 9.97 Å². The Morgan fingerprint density at radius 2 is 1.94 bits per heavy atom. The first kappa shape index (κ1) is 22.6. The molecule has 164 valence electrons. The highest BCUT2D eigenvalue weighted by Crippen LogP contribution is 2.34. The first-order chi connectivity index (χ1) is 15.1. The second-order valence-electron chi connectivity index (χ2n) is 6.97. The molecule has 2 aromatic carbocycles. The maximum absolute atomic E-state index is 11.0. The Kier molecular flexibility index (Phi) is 8.23. The number of nitro benzene ring substituents is 1. The van der Waals surface area contributed by atoms with Gasteiger partial charge in [0.1, 0.15) is 12.1 Å². The van der Waals surface area contributed by atoms with Crippen molar-refractivity contribution in [1.82, 2.24) is 9.97 Å². The Hall–Kier alpha value is -3.13. The number of ether oxygens (including phenoxy) is 2. The lowest BCUT2D eigenvalue weighted by atomic mass is 10.1. The van der Waals surface area contributed by atoms with Crippen LogP contribution in [0.25, 0.3) is 10.9 Å². The third-order valence-corrected chi connectivity index (χ3v) is 5.05. The number of nitro groups is 1. The van der Waals surface area contributed by atoms with Crippen LogP contribution in [0.1, 0.15) is 31.2 Å². The van der Waals surface area contributed by atoms with E-state index in [0.717, 1.165) is 36.6 Å². The van der Waals surface area contributed by atoms with Gasteiger partial charge >= 0.3 is 0 Å². The Bertz CT molecular complexity index is 1030. The average molecular weight is 445 g/mol. The summed E-state index contributed by atoms with van der Waals surface area (Å²) in [6, 6.07) is 10.2. The maximum atomic E-state index is 11.0. The van der Waals surface area contributed by atoms with E-state index in [1.54, 1.807) is 13.2 Å². The van der Waals surface area contributed by atoms with Gasteiger partial charge in [0, 0.05) is 36.0 Å². The summed E-state index contributed by atoms with van der Waals surface area (Å²) in [4.78, 5) is 19.3. The van der Waals surface area contributed by atoms with Crippen LogP contribution in [-0.4, -0.2) is 34.5 Å². The summed E-state index contributed by atoms with van der Waals surface area (Å²) in [7, 11) is 1.59. The smallest absolute Gasteiger partial charge is 0.269 e. The number of hydrogen-bond acceptors (Lipinski definition) is 7. The number of benzene rings is 2. The number of non-ortho nitro benzene ring substituents is 1. The number of rotatable bonds is 12. The molecule has 0 unspecified atom stereocenters. The fraction of sp³-hybridized carbons (Fsp3) is 0.364. The zero-order valence-electron chi connectivity index (χ0n) is 17.3. The van der Waals surface area contributed by atoms with Gasteiger partial charge in [0.05, 0.1) is 24.2 Å². The van der Waals surface area contributed by atoms with E-state index in [1.165, 1.54) is 18.5 Å². The number of hydrogen-bond donors (Lipinski definition) is 1. The fourth-order valence-corrected chi connectivity index (χ4v) is 3.36. The van der Waals surface area contributed by atoms with Crippen LogP contribution in [0.3, 0.4) is 0 Å². The topological polar surface area (TPSA) is 99.4 Å². The molecular formula is C22H25ClN4O4. The standard InChI is InChI=1S/C22H25ClN4O4/c1-30-20-13-19-18(12-21(20)31-10-5-3-2-4-9-23)22(26-15-25-19)24-14-16-7-6-8-17(11-16)27(28)29/h6-8,11-13,15H,2-5,9-10,14H2,1H3,(H,24,25,26). The zero-order chi connectivity index (χ0) is 22.1. The predicted molar refractivity (Wildman–Crippen MR) is 121 cm³/mol. The molecule has 8 nitrogen and oxygen atoms in total. The number of nitrogens with zero attached hydrogens (tertiary/aromatic N) is 3. The van der Waals surface area contributed by atoms with Crippen LogP contribution in [0.5, 0.6) is 11.5 Å². The molecule has 0 radical (unpaired) electrons. The quantitative estimate of drug-likeness (QED) is 0.174. The van der Waals surface area contributed by atoms with E-state index in [2.05, 4.69) is 15.3 Å². The molecule has 1 heterocycles. The molecule has 0 spiro atoms. The van der Waals surface area contributed by atoms with Crippen molar-refractivity contribution < 1.29 is 14.4 Å².